The zero-order valence-electron chi connectivity index (χ0n) is 26.5. The molecule has 230 valence electrons. The minimum absolute atomic E-state index is 0.602. The summed E-state index contributed by atoms with van der Waals surface area (Å²) in [6.07, 6.45) is 0. The molecule has 0 amide bonds. The molecule has 0 saturated carbocycles. The molecule has 4 nitrogen and oxygen atoms in total. The van der Waals surface area contributed by atoms with E-state index in [9.17, 15) is 0 Å². The first-order valence-electron chi connectivity index (χ1n) is 16.4. The monoisotopic (exact) mass is 627 g/mol. The number of hydrogen-bond donors (Lipinski definition) is 0. The number of hydrogen-bond acceptors (Lipinski definition) is 4. The zero-order chi connectivity index (χ0) is 32.6. The summed E-state index contributed by atoms with van der Waals surface area (Å²) in [7, 11) is 0. The first kappa shape index (κ1) is 28.6. The lowest BCUT2D eigenvalue weighted by molar-refractivity contribution is 0.669. The van der Waals surface area contributed by atoms with Crippen LogP contribution in [0.2, 0.25) is 0 Å². The average Bonchev–Trinajstić information content (AvgIpc) is 3.57. The van der Waals surface area contributed by atoms with Crippen LogP contribution in [0.1, 0.15) is 0 Å². The molecular formula is C45H29N3O. The lowest BCUT2D eigenvalue weighted by Gasteiger charge is -2.10. The van der Waals surface area contributed by atoms with E-state index in [1.165, 1.54) is 16.7 Å². The molecule has 0 radical (unpaired) electrons. The summed E-state index contributed by atoms with van der Waals surface area (Å²) < 4.78 is 6.48. The Morgan fingerprint density at radius 1 is 0.306 bits per heavy atom. The Morgan fingerprint density at radius 3 is 1.31 bits per heavy atom. The topological polar surface area (TPSA) is 51.8 Å². The summed E-state index contributed by atoms with van der Waals surface area (Å²) >= 11 is 0. The molecule has 0 N–H and O–H groups in total. The third-order valence-corrected chi connectivity index (χ3v) is 8.98. The van der Waals surface area contributed by atoms with Crippen molar-refractivity contribution in [3.8, 4) is 67.5 Å². The third-order valence-electron chi connectivity index (χ3n) is 8.98. The maximum absolute atomic E-state index is 6.48. The summed E-state index contributed by atoms with van der Waals surface area (Å²) in [6, 6.07) is 60.5. The SMILES string of the molecule is c1ccc(-c2ccc(-c3ccc4c(c3)oc3cccc(-c5nc(-c6ccccc6)nc(-c6ccc(-c7ccccc7)cc6)n5)c34)cc2)cc1. The Kier molecular flexibility index (Phi) is 7.10. The van der Waals surface area contributed by atoms with Crippen molar-refractivity contribution in [1.82, 2.24) is 15.0 Å². The molecule has 0 aliphatic rings. The second kappa shape index (κ2) is 12.2. The third kappa shape index (κ3) is 5.45. The molecule has 7 aromatic carbocycles. The normalized spacial score (nSPS) is 11.3. The molecule has 49 heavy (non-hydrogen) atoms. The Bertz CT molecular complexity index is 2560. The largest absolute Gasteiger partial charge is 0.456 e. The van der Waals surface area contributed by atoms with E-state index in [0.717, 1.165) is 55.3 Å². The van der Waals surface area contributed by atoms with E-state index in [1.54, 1.807) is 0 Å². The Hall–Kier alpha value is -6.65. The Morgan fingerprint density at radius 2 is 0.735 bits per heavy atom. The molecule has 9 aromatic rings. The first-order valence-corrected chi connectivity index (χ1v) is 16.4. The molecule has 2 aromatic heterocycles. The van der Waals surface area contributed by atoms with Gasteiger partial charge in [0.1, 0.15) is 11.2 Å². The lowest BCUT2D eigenvalue weighted by atomic mass is 9.99. The van der Waals surface area contributed by atoms with E-state index in [2.05, 4.69) is 121 Å². The van der Waals surface area contributed by atoms with Gasteiger partial charge in [0.05, 0.1) is 0 Å². The van der Waals surface area contributed by atoms with Crippen molar-refractivity contribution in [1.29, 1.82) is 0 Å². The fraction of sp³-hybridized carbons (Fsp3) is 0. The fourth-order valence-electron chi connectivity index (χ4n) is 6.46. The van der Waals surface area contributed by atoms with Gasteiger partial charge < -0.3 is 4.42 Å². The van der Waals surface area contributed by atoms with Gasteiger partial charge in [0, 0.05) is 27.5 Å². The number of fused-ring (bicyclic) bond motifs is 3. The molecular weight excluding hydrogens is 599 g/mol. The van der Waals surface area contributed by atoms with Gasteiger partial charge in [-0.3, -0.25) is 0 Å². The van der Waals surface area contributed by atoms with Crippen molar-refractivity contribution >= 4 is 21.9 Å². The fourth-order valence-corrected chi connectivity index (χ4v) is 6.46. The highest BCUT2D eigenvalue weighted by Gasteiger charge is 2.18. The molecule has 0 bridgehead atoms. The van der Waals surface area contributed by atoms with Crippen molar-refractivity contribution in [2.75, 3.05) is 0 Å². The van der Waals surface area contributed by atoms with Crippen LogP contribution in [0, 0.1) is 0 Å². The summed E-state index contributed by atoms with van der Waals surface area (Å²) in [5, 5.41) is 2.00. The molecule has 9 rings (SSSR count). The van der Waals surface area contributed by atoms with Gasteiger partial charge in [0.2, 0.25) is 0 Å². The van der Waals surface area contributed by atoms with Gasteiger partial charge >= 0.3 is 0 Å². The Balaban J connectivity index is 1.14. The highest BCUT2D eigenvalue weighted by Crippen LogP contribution is 2.38. The van der Waals surface area contributed by atoms with Crippen LogP contribution < -0.4 is 0 Å². The van der Waals surface area contributed by atoms with E-state index in [1.807, 2.05) is 54.6 Å². The summed E-state index contributed by atoms with van der Waals surface area (Å²) in [5.74, 6) is 1.85. The maximum atomic E-state index is 6.48. The molecule has 0 saturated heterocycles. The van der Waals surface area contributed by atoms with E-state index in [0.29, 0.717) is 17.5 Å². The molecule has 0 spiro atoms. The van der Waals surface area contributed by atoms with Gasteiger partial charge in [-0.15, -0.1) is 0 Å². The lowest BCUT2D eigenvalue weighted by Crippen LogP contribution is -2.00. The van der Waals surface area contributed by atoms with Crippen LogP contribution in [-0.2, 0) is 0 Å². The van der Waals surface area contributed by atoms with Gasteiger partial charge in [-0.2, -0.15) is 0 Å². The summed E-state index contributed by atoms with van der Waals surface area (Å²) in [4.78, 5) is 15.1. The van der Waals surface area contributed by atoms with Crippen molar-refractivity contribution in [2.24, 2.45) is 0 Å². The van der Waals surface area contributed by atoms with E-state index < -0.39 is 0 Å². The van der Waals surface area contributed by atoms with Crippen LogP contribution in [-0.4, -0.2) is 15.0 Å². The second-order valence-corrected chi connectivity index (χ2v) is 12.1. The second-order valence-electron chi connectivity index (χ2n) is 12.1. The van der Waals surface area contributed by atoms with Gasteiger partial charge in [-0.05, 0) is 51.6 Å². The standard InChI is InChI=1S/C45H29N3O/c1-4-11-30(12-5-1)32-19-21-34(22-20-32)37-27-28-38-41(29-37)49-40-18-10-17-39(42(38)40)45-47-43(35-15-8-3-9-16-35)46-44(48-45)36-25-23-33(24-26-36)31-13-6-2-7-14-31/h1-29H. The predicted molar refractivity (Wildman–Crippen MR) is 200 cm³/mol. The molecule has 0 aliphatic carbocycles. The smallest absolute Gasteiger partial charge is 0.164 e. The van der Waals surface area contributed by atoms with Crippen LogP contribution >= 0.6 is 0 Å². The van der Waals surface area contributed by atoms with E-state index >= 15 is 0 Å². The molecule has 0 fully saturated rings. The number of benzene rings is 7. The number of aromatic nitrogens is 3. The van der Waals surface area contributed by atoms with Crippen molar-refractivity contribution in [3.63, 3.8) is 0 Å². The van der Waals surface area contributed by atoms with Crippen molar-refractivity contribution in [2.45, 2.75) is 0 Å². The minimum Gasteiger partial charge on any atom is -0.456 e. The highest BCUT2D eigenvalue weighted by molar-refractivity contribution is 6.12. The zero-order valence-corrected chi connectivity index (χ0v) is 26.5. The highest BCUT2D eigenvalue weighted by atomic mass is 16.3. The summed E-state index contributed by atoms with van der Waals surface area (Å²) in [6.45, 7) is 0. The maximum Gasteiger partial charge on any atom is 0.164 e. The number of nitrogens with zero attached hydrogens (tertiary/aromatic N) is 3. The van der Waals surface area contributed by atoms with E-state index in [4.69, 9.17) is 19.4 Å². The number of furan rings is 1. The van der Waals surface area contributed by atoms with Crippen molar-refractivity contribution < 1.29 is 4.42 Å². The van der Waals surface area contributed by atoms with E-state index in [-0.39, 0.29) is 0 Å². The van der Waals surface area contributed by atoms with Crippen LogP contribution in [0.15, 0.2) is 180 Å². The summed E-state index contributed by atoms with van der Waals surface area (Å²) in [5.41, 5.74) is 11.3. The molecule has 2 heterocycles. The number of rotatable bonds is 6. The van der Waals surface area contributed by atoms with Gasteiger partial charge in [-0.1, -0.05) is 158 Å². The van der Waals surface area contributed by atoms with Crippen LogP contribution in [0.4, 0.5) is 0 Å². The average molecular weight is 628 g/mol. The van der Waals surface area contributed by atoms with Gasteiger partial charge in [-0.25, -0.2) is 15.0 Å². The molecule has 0 aliphatic heterocycles. The minimum atomic E-state index is 0.602. The van der Waals surface area contributed by atoms with Crippen LogP contribution in [0.25, 0.3) is 89.5 Å². The van der Waals surface area contributed by atoms with Crippen LogP contribution in [0.5, 0.6) is 0 Å². The predicted octanol–water partition coefficient (Wildman–Crippen LogP) is 11.8. The van der Waals surface area contributed by atoms with Crippen molar-refractivity contribution in [3.05, 3.63) is 176 Å². The quantitative estimate of drug-likeness (QED) is 0.184. The van der Waals surface area contributed by atoms with Gasteiger partial charge in [0.15, 0.2) is 17.5 Å². The molecule has 0 atom stereocenters. The molecule has 0 unspecified atom stereocenters. The molecule has 4 heteroatoms. The van der Waals surface area contributed by atoms with Gasteiger partial charge in [0.25, 0.3) is 0 Å². The first-order chi connectivity index (χ1) is 24.3. The van der Waals surface area contributed by atoms with Crippen LogP contribution in [0.3, 0.4) is 0 Å². The Labute approximate surface area is 284 Å².